The van der Waals surface area contributed by atoms with Crippen LogP contribution in [-0.2, 0) is 6.54 Å². The molecule has 1 atom stereocenters. The second-order valence-electron chi connectivity index (χ2n) is 5.17. The number of anilines is 1. The van der Waals surface area contributed by atoms with Crippen LogP contribution in [-0.4, -0.2) is 25.0 Å². The second-order valence-corrected chi connectivity index (χ2v) is 5.17. The van der Waals surface area contributed by atoms with Crippen molar-refractivity contribution in [1.82, 2.24) is 4.90 Å². The molecule has 1 N–H and O–H groups in total. The first-order valence-corrected chi connectivity index (χ1v) is 6.16. The lowest BCUT2D eigenvalue weighted by Gasteiger charge is -2.19. The number of hydrogen-bond acceptors (Lipinski definition) is 2. The van der Waals surface area contributed by atoms with E-state index in [-0.39, 0.29) is 0 Å². The van der Waals surface area contributed by atoms with Gasteiger partial charge in [0, 0.05) is 18.3 Å². The van der Waals surface area contributed by atoms with Gasteiger partial charge in [-0.05, 0) is 51.4 Å². The zero-order valence-corrected chi connectivity index (χ0v) is 10.5. The minimum absolute atomic E-state index is 0.614. The molecule has 2 nitrogen and oxygen atoms in total. The summed E-state index contributed by atoms with van der Waals surface area (Å²) in [6.07, 6.45) is 2.79. The highest BCUT2D eigenvalue weighted by Crippen LogP contribution is 2.34. The summed E-state index contributed by atoms with van der Waals surface area (Å²) in [6.45, 7) is 3.30. The van der Waals surface area contributed by atoms with Crippen molar-refractivity contribution in [1.29, 1.82) is 0 Å². The number of rotatable bonds is 5. The standard InChI is InChI=1S/C14H22N2/c1-11(12-8-9-12)15-14-7-5-4-6-13(14)10-16(2)3/h4-7,11-12,15H,8-10H2,1-3H3. The molecule has 1 unspecified atom stereocenters. The van der Waals surface area contributed by atoms with E-state index in [0.29, 0.717) is 6.04 Å². The van der Waals surface area contributed by atoms with Crippen LogP contribution in [0.4, 0.5) is 5.69 Å². The van der Waals surface area contributed by atoms with Crippen LogP contribution in [0.2, 0.25) is 0 Å². The molecule has 2 heteroatoms. The molecule has 88 valence electrons. The maximum absolute atomic E-state index is 3.65. The van der Waals surface area contributed by atoms with Crippen molar-refractivity contribution in [3.8, 4) is 0 Å². The predicted molar refractivity (Wildman–Crippen MR) is 69.6 cm³/mol. The Morgan fingerprint density at radius 1 is 1.31 bits per heavy atom. The first-order valence-electron chi connectivity index (χ1n) is 6.16. The van der Waals surface area contributed by atoms with Gasteiger partial charge in [-0.3, -0.25) is 0 Å². The molecule has 1 aromatic rings. The monoisotopic (exact) mass is 218 g/mol. The highest BCUT2D eigenvalue weighted by molar-refractivity contribution is 5.51. The zero-order chi connectivity index (χ0) is 11.5. The highest BCUT2D eigenvalue weighted by Gasteiger charge is 2.27. The molecule has 0 radical (unpaired) electrons. The Hall–Kier alpha value is -1.02. The van der Waals surface area contributed by atoms with Crippen molar-refractivity contribution >= 4 is 5.69 Å². The molecule has 1 aliphatic rings. The Balaban J connectivity index is 2.05. The fourth-order valence-electron chi connectivity index (χ4n) is 2.10. The molecule has 0 bridgehead atoms. The quantitative estimate of drug-likeness (QED) is 0.817. The van der Waals surface area contributed by atoms with Gasteiger partial charge in [-0.15, -0.1) is 0 Å². The third-order valence-electron chi connectivity index (χ3n) is 3.22. The summed E-state index contributed by atoms with van der Waals surface area (Å²) in [5.74, 6) is 0.896. The van der Waals surface area contributed by atoms with Gasteiger partial charge in [-0.2, -0.15) is 0 Å². The number of hydrogen-bond donors (Lipinski definition) is 1. The van der Waals surface area contributed by atoms with Gasteiger partial charge in [0.2, 0.25) is 0 Å². The number of para-hydroxylation sites is 1. The van der Waals surface area contributed by atoms with E-state index < -0.39 is 0 Å². The van der Waals surface area contributed by atoms with Crippen LogP contribution in [0.15, 0.2) is 24.3 Å². The summed E-state index contributed by atoms with van der Waals surface area (Å²) < 4.78 is 0. The number of nitrogens with one attached hydrogen (secondary N) is 1. The van der Waals surface area contributed by atoms with Crippen molar-refractivity contribution < 1.29 is 0 Å². The van der Waals surface area contributed by atoms with E-state index in [1.807, 2.05) is 0 Å². The maximum atomic E-state index is 3.65. The molecule has 1 fully saturated rings. The Morgan fingerprint density at radius 3 is 2.62 bits per heavy atom. The van der Waals surface area contributed by atoms with Crippen molar-refractivity contribution in [3.63, 3.8) is 0 Å². The third kappa shape index (κ3) is 2.99. The minimum Gasteiger partial charge on any atom is -0.382 e. The molecule has 0 amide bonds. The Bertz CT molecular complexity index is 342. The Kier molecular flexibility index (Phi) is 3.49. The van der Waals surface area contributed by atoms with E-state index in [2.05, 4.69) is 55.5 Å². The maximum Gasteiger partial charge on any atom is 0.0388 e. The molecule has 0 aliphatic heterocycles. The highest BCUT2D eigenvalue weighted by atomic mass is 15.1. The predicted octanol–water partition coefficient (Wildman–Crippen LogP) is 2.96. The fraction of sp³-hybridized carbons (Fsp3) is 0.571. The van der Waals surface area contributed by atoms with E-state index in [0.717, 1.165) is 12.5 Å². The number of nitrogens with zero attached hydrogens (tertiary/aromatic N) is 1. The van der Waals surface area contributed by atoms with Crippen LogP contribution in [0, 0.1) is 5.92 Å². The smallest absolute Gasteiger partial charge is 0.0388 e. The largest absolute Gasteiger partial charge is 0.382 e. The van der Waals surface area contributed by atoms with Gasteiger partial charge in [0.05, 0.1) is 0 Å². The van der Waals surface area contributed by atoms with Crippen LogP contribution in [0.5, 0.6) is 0 Å². The normalized spacial score (nSPS) is 17.5. The van der Waals surface area contributed by atoms with E-state index >= 15 is 0 Å². The summed E-state index contributed by atoms with van der Waals surface area (Å²) in [4.78, 5) is 2.21. The van der Waals surface area contributed by atoms with Gasteiger partial charge in [0.1, 0.15) is 0 Å². The van der Waals surface area contributed by atoms with Crippen molar-refractivity contribution in [2.45, 2.75) is 32.4 Å². The summed E-state index contributed by atoms with van der Waals surface area (Å²) >= 11 is 0. The van der Waals surface area contributed by atoms with E-state index in [4.69, 9.17) is 0 Å². The number of benzene rings is 1. The Morgan fingerprint density at radius 2 is 2.00 bits per heavy atom. The van der Waals surface area contributed by atoms with Crippen LogP contribution >= 0.6 is 0 Å². The average Bonchev–Trinajstić information content (AvgIpc) is 3.03. The molecular weight excluding hydrogens is 196 g/mol. The van der Waals surface area contributed by atoms with E-state index in [1.54, 1.807) is 0 Å². The van der Waals surface area contributed by atoms with Crippen molar-refractivity contribution in [3.05, 3.63) is 29.8 Å². The van der Waals surface area contributed by atoms with E-state index in [1.165, 1.54) is 24.1 Å². The van der Waals surface area contributed by atoms with Gasteiger partial charge < -0.3 is 10.2 Å². The third-order valence-corrected chi connectivity index (χ3v) is 3.22. The van der Waals surface area contributed by atoms with Gasteiger partial charge >= 0.3 is 0 Å². The molecule has 16 heavy (non-hydrogen) atoms. The minimum atomic E-state index is 0.614. The van der Waals surface area contributed by atoms with Crippen molar-refractivity contribution in [2.75, 3.05) is 19.4 Å². The Labute approximate surface area is 98.7 Å². The topological polar surface area (TPSA) is 15.3 Å². The fourth-order valence-corrected chi connectivity index (χ4v) is 2.10. The van der Waals surface area contributed by atoms with E-state index in [9.17, 15) is 0 Å². The molecule has 1 aromatic carbocycles. The van der Waals surface area contributed by atoms with Gasteiger partial charge in [-0.1, -0.05) is 18.2 Å². The first kappa shape index (κ1) is 11.5. The molecular formula is C14H22N2. The van der Waals surface area contributed by atoms with Crippen LogP contribution in [0.1, 0.15) is 25.3 Å². The zero-order valence-electron chi connectivity index (χ0n) is 10.5. The molecule has 2 rings (SSSR count). The SMILES string of the molecule is CC(Nc1ccccc1CN(C)C)C1CC1. The van der Waals surface area contributed by atoms with Gasteiger partial charge in [-0.25, -0.2) is 0 Å². The molecule has 0 saturated heterocycles. The van der Waals surface area contributed by atoms with Crippen LogP contribution < -0.4 is 5.32 Å². The molecule has 0 aromatic heterocycles. The molecule has 1 aliphatic carbocycles. The molecule has 0 spiro atoms. The second kappa shape index (κ2) is 4.88. The average molecular weight is 218 g/mol. The summed E-state index contributed by atoms with van der Waals surface area (Å²) in [5, 5.41) is 3.65. The van der Waals surface area contributed by atoms with Gasteiger partial charge in [0.15, 0.2) is 0 Å². The molecule has 1 saturated carbocycles. The lowest BCUT2D eigenvalue weighted by atomic mass is 10.1. The first-order chi connectivity index (χ1) is 7.66. The lowest BCUT2D eigenvalue weighted by Crippen LogP contribution is -2.20. The van der Waals surface area contributed by atoms with Crippen LogP contribution in [0.3, 0.4) is 0 Å². The van der Waals surface area contributed by atoms with Crippen LogP contribution in [0.25, 0.3) is 0 Å². The van der Waals surface area contributed by atoms with Gasteiger partial charge in [0.25, 0.3) is 0 Å². The summed E-state index contributed by atoms with van der Waals surface area (Å²) in [5.41, 5.74) is 2.69. The summed E-state index contributed by atoms with van der Waals surface area (Å²) in [7, 11) is 4.22. The summed E-state index contributed by atoms with van der Waals surface area (Å²) in [6, 6.07) is 9.25. The van der Waals surface area contributed by atoms with Crippen molar-refractivity contribution in [2.24, 2.45) is 5.92 Å². The molecule has 0 heterocycles. The lowest BCUT2D eigenvalue weighted by molar-refractivity contribution is 0.403.